The molecule has 0 unspecified atom stereocenters. The summed E-state index contributed by atoms with van der Waals surface area (Å²) in [4.78, 5) is 24.9. The molecular formula is C15H12F4N4O6S2. The second-order valence-electron chi connectivity index (χ2n) is 5.95. The van der Waals surface area contributed by atoms with Gasteiger partial charge < -0.3 is 0 Å². The third-order valence-corrected chi connectivity index (χ3v) is 7.50. The molecule has 168 valence electrons. The Labute approximate surface area is 172 Å². The Bertz CT molecular complexity index is 1420. The molecule has 1 heterocycles. The van der Waals surface area contributed by atoms with Crippen molar-refractivity contribution in [3.05, 3.63) is 56.1 Å². The van der Waals surface area contributed by atoms with E-state index in [1.165, 1.54) is 11.1 Å². The number of nitriles is 1. The first-order valence-corrected chi connectivity index (χ1v) is 11.4. The number of anilines is 1. The van der Waals surface area contributed by atoms with Crippen LogP contribution in [0.5, 0.6) is 0 Å². The largest absolute Gasteiger partial charge is 0.432 e. The number of benzene rings is 1. The van der Waals surface area contributed by atoms with Gasteiger partial charge in [-0.2, -0.15) is 22.1 Å². The normalized spacial score (nSPS) is 12.4. The fourth-order valence-electron chi connectivity index (χ4n) is 2.56. The standard InChI is InChI=1S/C15H12F4N4O6S2/c1-3-31(28,29)23(30(2,26)27)10-5-11(9(16)4-8(10)7-20)22-12(15(17,18)19)6-13(24)21-14(22)25/h4-6H,3H2,1-2H3,(H,21,24,25). The smallest absolute Gasteiger partial charge is 0.274 e. The number of halogens is 4. The molecule has 2 aromatic rings. The Morgan fingerprint density at radius 2 is 1.74 bits per heavy atom. The molecule has 0 saturated carbocycles. The van der Waals surface area contributed by atoms with E-state index in [1.807, 2.05) is 0 Å². The molecule has 0 fully saturated rings. The maximum atomic E-state index is 14.6. The van der Waals surface area contributed by atoms with Gasteiger partial charge in [-0.25, -0.2) is 26.0 Å². The average molecular weight is 484 g/mol. The van der Waals surface area contributed by atoms with Crippen LogP contribution in [0.1, 0.15) is 18.2 Å². The number of aromatic nitrogens is 2. The van der Waals surface area contributed by atoms with Crippen LogP contribution >= 0.6 is 0 Å². The molecule has 0 aliphatic heterocycles. The minimum absolute atomic E-state index is 0.0458. The summed E-state index contributed by atoms with van der Waals surface area (Å²) in [6.07, 6.45) is -4.89. The highest BCUT2D eigenvalue weighted by atomic mass is 32.3. The Kier molecular flexibility index (Phi) is 6.07. The van der Waals surface area contributed by atoms with Crippen LogP contribution in [0.15, 0.2) is 27.8 Å². The van der Waals surface area contributed by atoms with Gasteiger partial charge in [0.15, 0.2) is 0 Å². The van der Waals surface area contributed by atoms with E-state index in [4.69, 9.17) is 0 Å². The molecule has 0 aliphatic rings. The second kappa shape index (κ2) is 7.81. The van der Waals surface area contributed by atoms with E-state index in [0.717, 1.165) is 6.92 Å². The number of rotatable bonds is 5. The predicted molar refractivity (Wildman–Crippen MR) is 99.1 cm³/mol. The molecule has 0 atom stereocenters. The summed E-state index contributed by atoms with van der Waals surface area (Å²) in [6, 6.07) is 1.87. The van der Waals surface area contributed by atoms with E-state index in [2.05, 4.69) is 0 Å². The second-order valence-corrected chi connectivity index (χ2v) is 10.1. The fraction of sp³-hybridized carbons (Fsp3) is 0.267. The third kappa shape index (κ3) is 4.61. The quantitative estimate of drug-likeness (QED) is 0.613. The summed E-state index contributed by atoms with van der Waals surface area (Å²) in [5, 5.41) is 9.20. The van der Waals surface area contributed by atoms with Gasteiger partial charge in [0.1, 0.15) is 17.6 Å². The Morgan fingerprint density at radius 1 is 1.16 bits per heavy atom. The number of sulfonamides is 2. The lowest BCUT2D eigenvalue weighted by Crippen LogP contribution is -2.38. The first kappa shape index (κ1) is 24.1. The van der Waals surface area contributed by atoms with Gasteiger partial charge in [0.25, 0.3) is 5.56 Å². The molecule has 1 N–H and O–H groups in total. The zero-order valence-electron chi connectivity index (χ0n) is 15.6. The van der Waals surface area contributed by atoms with Crippen LogP contribution in [0.4, 0.5) is 23.2 Å². The van der Waals surface area contributed by atoms with Crippen molar-refractivity contribution in [1.29, 1.82) is 5.26 Å². The molecule has 10 nitrogen and oxygen atoms in total. The number of aromatic amines is 1. The molecule has 2 rings (SSSR count). The van der Waals surface area contributed by atoms with Crippen LogP contribution in [0.3, 0.4) is 0 Å². The van der Waals surface area contributed by atoms with Crippen molar-refractivity contribution in [2.45, 2.75) is 13.1 Å². The van der Waals surface area contributed by atoms with E-state index in [9.17, 15) is 49.2 Å². The maximum absolute atomic E-state index is 14.6. The van der Waals surface area contributed by atoms with Crippen LogP contribution in [0.25, 0.3) is 5.69 Å². The summed E-state index contributed by atoms with van der Waals surface area (Å²) in [6.45, 7) is 1.05. The Morgan fingerprint density at radius 3 is 2.19 bits per heavy atom. The SMILES string of the molecule is CCS(=O)(=O)N(c1cc(-n2c(C(F)(F)F)cc(=O)[nH]c2=O)c(F)cc1C#N)S(C)(=O)=O. The Hall–Kier alpha value is -3.19. The molecule has 0 bridgehead atoms. The van der Waals surface area contributed by atoms with Gasteiger partial charge in [-0.1, -0.05) is 0 Å². The minimum atomic E-state index is -5.33. The average Bonchev–Trinajstić information content (AvgIpc) is 2.60. The first-order chi connectivity index (χ1) is 14.0. The van der Waals surface area contributed by atoms with Gasteiger partial charge in [-0.3, -0.25) is 14.3 Å². The van der Waals surface area contributed by atoms with Crippen LogP contribution in [0.2, 0.25) is 0 Å². The van der Waals surface area contributed by atoms with Crippen LogP contribution in [-0.2, 0) is 26.2 Å². The molecular weight excluding hydrogens is 472 g/mol. The van der Waals surface area contributed by atoms with E-state index in [1.54, 1.807) is 0 Å². The third-order valence-electron chi connectivity index (χ3n) is 3.77. The number of alkyl halides is 3. The van der Waals surface area contributed by atoms with E-state index in [-0.39, 0.29) is 26.5 Å². The molecule has 1 aromatic carbocycles. The van der Waals surface area contributed by atoms with Crippen molar-refractivity contribution >= 4 is 25.7 Å². The number of H-pyrrole nitrogens is 1. The van der Waals surface area contributed by atoms with Crippen molar-refractivity contribution in [3.63, 3.8) is 0 Å². The van der Waals surface area contributed by atoms with E-state index >= 15 is 0 Å². The Balaban J connectivity index is 3.09. The van der Waals surface area contributed by atoms with Gasteiger partial charge in [0.2, 0.25) is 20.0 Å². The predicted octanol–water partition coefficient (Wildman–Crippen LogP) is 0.671. The van der Waals surface area contributed by atoms with Gasteiger partial charge in [0, 0.05) is 6.07 Å². The van der Waals surface area contributed by atoms with E-state index in [0.29, 0.717) is 6.26 Å². The van der Waals surface area contributed by atoms with Crippen LogP contribution in [0, 0.1) is 17.1 Å². The van der Waals surface area contributed by atoms with Gasteiger partial charge in [-0.05, 0) is 19.1 Å². The van der Waals surface area contributed by atoms with Crippen molar-refractivity contribution in [2.24, 2.45) is 0 Å². The monoisotopic (exact) mass is 484 g/mol. The van der Waals surface area contributed by atoms with Crippen molar-refractivity contribution < 1.29 is 34.4 Å². The molecule has 31 heavy (non-hydrogen) atoms. The molecule has 0 spiro atoms. The zero-order valence-corrected chi connectivity index (χ0v) is 17.2. The molecule has 0 aliphatic carbocycles. The van der Waals surface area contributed by atoms with Crippen molar-refractivity contribution in [2.75, 3.05) is 15.7 Å². The highest BCUT2D eigenvalue weighted by molar-refractivity contribution is 8.09. The molecule has 0 radical (unpaired) electrons. The van der Waals surface area contributed by atoms with Gasteiger partial charge in [0.05, 0.1) is 28.9 Å². The van der Waals surface area contributed by atoms with Crippen LogP contribution < -0.4 is 15.0 Å². The number of nitrogens with one attached hydrogen (secondary N) is 1. The lowest BCUT2D eigenvalue weighted by molar-refractivity contribution is -0.143. The molecule has 1 aromatic heterocycles. The first-order valence-electron chi connectivity index (χ1n) is 7.95. The zero-order chi connectivity index (χ0) is 23.9. The fourth-order valence-corrected chi connectivity index (χ4v) is 5.72. The highest BCUT2D eigenvalue weighted by Gasteiger charge is 2.38. The summed E-state index contributed by atoms with van der Waals surface area (Å²) in [5.41, 5.74) is -8.21. The summed E-state index contributed by atoms with van der Waals surface area (Å²) >= 11 is 0. The molecule has 0 amide bonds. The summed E-state index contributed by atoms with van der Waals surface area (Å²) < 4.78 is 103. The summed E-state index contributed by atoms with van der Waals surface area (Å²) in [7, 11) is -9.35. The molecule has 0 saturated heterocycles. The lowest BCUT2D eigenvalue weighted by Gasteiger charge is -2.23. The number of nitrogens with zero attached hydrogens (tertiary/aromatic N) is 3. The summed E-state index contributed by atoms with van der Waals surface area (Å²) in [5.74, 6) is -2.40. The number of hydrogen-bond donors (Lipinski definition) is 1. The highest BCUT2D eigenvalue weighted by Crippen LogP contribution is 2.33. The topological polar surface area (TPSA) is 150 Å². The van der Waals surface area contributed by atoms with Crippen molar-refractivity contribution in [3.8, 4) is 11.8 Å². The molecule has 16 heteroatoms. The maximum Gasteiger partial charge on any atom is 0.432 e. The van der Waals surface area contributed by atoms with Crippen LogP contribution in [-0.4, -0.2) is 38.4 Å². The van der Waals surface area contributed by atoms with Gasteiger partial charge >= 0.3 is 11.9 Å². The van der Waals surface area contributed by atoms with Crippen molar-refractivity contribution in [1.82, 2.24) is 9.55 Å². The lowest BCUT2D eigenvalue weighted by atomic mass is 10.1. The minimum Gasteiger partial charge on any atom is -0.274 e. The number of hydrogen-bond acceptors (Lipinski definition) is 7. The van der Waals surface area contributed by atoms with Gasteiger partial charge in [-0.15, -0.1) is 0 Å². The van der Waals surface area contributed by atoms with E-state index < -0.39 is 71.7 Å².